The summed E-state index contributed by atoms with van der Waals surface area (Å²) in [7, 11) is 0. The lowest BCUT2D eigenvalue weighted by Gasteiger charge is -2.48. The van der Waals surface area contributed by atoms with Crippen molar-refractivity contribution >= 4 is 5.78 Å². The predicted molar refractivity (Wildman–Crippen MR) is 98.1 cm³/mol. The van der Waals surface area contributed by atoms with Gasteiger partial charge >= 0.3 is 0 Å². The van der Waals surface area contributed by atoms with E-state index < -0.39 is 5.79 Å². The number of ether oxygens (including phenoxy) is 2. The highest BCUT2D eigenvalue weighted by Crippen LogP contribution is 2.61. The van der Waals surface area contributed by atoms with E-state index in [2.05, 4.69) is 19.6 Å². The third-order valence-electron chi connectivity index (χ3n) is 7.77. The Labute approximate surface area is 151 Å². The maximum atomic E-state index is 12.7. The average molecular weight is 344 g/mol. The molecule has 4 aliphatic rings. The van der Waals surface area contributed by atoms with Gasteiger partial charge in [0.15, 0.2) is 11.6 Å². The van der Waals surface area contributed by atoms with Crippen LogP contribution in [0.15, 0.2) is 23.8 Å². The maximum Gasteiger partial charge on any atom is 0.166 e. The summed E-state index contributed by atoms with van der Waals surface area (Å²) in [5, 5.41) is 0. The highest BCUT2D eigenvalue weighted by atomic mass is 16.7. The number of hydrogen-bond acceptors (Lipinski definition) is 3. The van der Waals surface area contributed by atoms with Gasteiger partial charge in [0.05, 0.1) is 13.2 Å². The van der Waals surface area contributed by atoms with Crippen molar-refractivity contribution in [1.82, 2.24) is 0 Å². The molecule has 0 bridgehead atoms. The molecule has 3 fully saturated rings. The molecular formula is C22H32O3. The van der Waals surface area contributed by atoms with Crippen molar-refractivity contribution < 1.29 is 14.3 Å². The summed E-state index contributed by atoms with van der Waals surface area (Å²) < 4.78 is 11.5. The quantitative estimate of drug-likeness (QED) is 0.686. The van der Waals surface area contributed by atoms with Crippen LogP contribution in [-0.2, 0) is 14.3 Å². The Hall–Kier alpha value is -0.930. The van der Waals surface area contributed by atoms with Crippen molar-refractivity contribution in [3.05, 3.63) is 23.8 Å². The van der Waals surface area contributed by atoms with Crippen molar-refractivity contribution in [2.45, 2.75) is 71.0 Å². The minimum Gasteiger partial charge on any atom is -0.348 e. The van der Waals surface area contributed by atoms with Crippen molar-refractivity contribution in [3.63, 3.8) is 0 Å². The van der Waals surface area contributed by atoms with E-state index in [1.807, 2.05) is 6.92 Å². The largest absolute Gasteiger partial charge is 0.348 e. The van der Waals surface area contributed by atoms with Crippen LogP contribution in [0.4, 0.5) is 0 Å². The fraction of sp³-hybridized carbons (Fsp3) is 0.773. The van der Waals surface area contributed by atoms with E-state index in [0.717, 1.165) is 43.6 Å². The lowest BCUT2D eigenvalue weighted by Crippen LogP contribution is -2.40. The van der Waals surface area contributed by atoms with Crippen LogP contribution in [-0.4, -0.2) is 24.8 Å². The molecular weight excluding hydrogens is 312 g/mol. The minimum absolute atomic E-state index is 0.384. The Morgan fingerprint density at radius 1 is 1.16 bits per heavy atom. The number of carbonyl (C=O) groups is 1. The highest BCUT2D eigenvalue weighted by Gasteiger charge is 2.52. The molecule has 138 valence electrons. The van der Waals surface area contributed by atoms with Gasteiger partial charge in [-0.1, -0.05) is 18.6 Å². The lowest BCUT2D eigenvalue weighted by atomic mass is 9.56. The smallest absolute Gasteiger partial charge is 0.166 e. The van der Waals surface area contributed by atoms with E-state index in [1.165, 1.54) is 24.8 Å². The molecule has 0 radical (unpaired) electrons. The van der Waals surface area contributed by atoms with E-state index in [4.69, 9.17) is 9.47 Å². The van der Waals surface area contributed by atoms with E-state index >= 15 is 0 Å². The van der Waals surface area contributed by atoms with Crippen LogP contribution in [0.2, 0.25) is 0 Å². The summed E-state index contributed by atoms with van der Waals surface area (Å²) >= 11 is 0. The highest BCUT2D eigenvalue weighted by molar-refractivity contribution is 5.97. The number of fused-ring (bicyclic) bond motifs is 3. The van der Waals surface area contributed by atoms with Crippen LogP contribution in [0.3, 0.4) is 0 Å². The summed E-state index contributed by atoms with van der Waals surface area (Å²) in [6.45, 7) is 9.93. The van der Waals surface area contributed by atoms with E-state index in [-0.39, 0.29) is 0 Å². The molecule has 0 spiro atoms. The average Bonchev–Trinajstić information content (AvgIpc) is 3.17. The number of ketones is 1. The number of Topliss-reactive ketones (excluding diaryl/α,β-unsaturated/α-hetero) is 1. The molecule has 1 heterocycles. The van der Waals surface area contributed by atoms with Gasteiger partial charge in [-0.05, 0) is 74.2 Å². The Morgan fingerprint density at radius 3 is 2.64 bits per heavy atom. The van der Waals surface area contributed by atoms with Gasteiger partial charge in [-0.15, -0.1) is 6.58 Å². The molecule has 0 amide bonds. The summed E-state index contributed by atoms with van der Waals surface area (Å²) in [5.41, 5.74) is 3.01. The fourth-order valence-corrected chi connectivity index (χ4v) is 6.26. The first-order chi connectivity index (χ1) is 12.0. The van der Waals surface area contributed by atoms with Gasteiger partial charge in [-0.3, -0.25) is 4.79 Å². The van der Waals surface area contributed by atoms with Gasteiger partial charge in [-0.25, -0.2) is 0 Å². The van der Waals surface area contributed by atoms with Crippen LogP contribution in [0, 0.1) is 23.2 Å². The summed E-state index contributed by atoms with van der Waals surface area (Å²) in [6, 6.07) is 0. The topological polar surface area (TPSA) is 35.5 Å². The lowest BCUT2D eigenvalue weighted by molar-refractivity contribution is -0.146. The monoisotopic (exact) mass is 344 g/mol. The number of rotatable bonds is 4. The zero-order chi connectivity index (χ0) is 17.7. The van der Waals surface area contributed by atoms with Crippen molar-refractivity contribution in [2.24, 2.45) is 23.2 Å². The SMILES string of the molecule is C=C[C@@H]1CCC2C3CCC(=O)C(CCC4(C)OCCO4)=C3CC[C@]21C. The molecule has 1 saturated heterocycles. The standard InChI is InChI=1S/C22H32O3/c1-4-15-5-7-19-17-6-8-20(23)18(16(17)9-11-21(15,19)2)10-12-22(3)24-13-14-25-22/h4,15,17,19H,1,5-14H2,2-3H3/t15-,17?,19?,21+/m1/s1. The first-order valence-electron chi connectivity index (χ1n) is 10.1. The van der Waals surface area contributed by atoms with Crippen molar-refractivity contribution in [1.29, 1.82) is 0 Å². The van der Waals surface area contributed by atoms with Crippen LogP contribution in [0.25, 0.3) is 0 Å². The van der Waals surface area contributed by atoms with Gasteiger partial charge in [0.2, 0.25) is 0 Å². The van der Waals surface area contributed by atoms with Crippen LogP contribution >= 0.6 is 0 Å². The molecule has 1 aliphatic heterocycles. The molecule has 3 nitrogen and oxygen atoms in total. The zero-order valence-electron chi connectivity index (χ0n) is 15.8. The van der Waals surface area contributed by atoms with Crippen LogP contribution < -0.4 is 0 Å². The van der Waals surface area contributed by atoms with Gasteiger partial charge in [0.1, 0.15) is 0 Å². The van der Waals surface area contributed by atoms with Gasteiger partial charge in [-0.2, -0.15) is 0 Å². The second-order valence-electron chi connectivity index (χ2n) is 8.93. The van der Waals surface area contributed by atoms with E-state index in [1.54, 1.807) is 0 Å². The molecule has 4 rings (SSSR count). The molecule has 0 aromatic rings. The molecule has 4 atom stereocenters. The van der Waals surface area contributed by atoms with Crippen molar-refractivity contribution in [3.8, 4) is 0 Å². The van der Waals surface area contributed by atoms with E-state index in [0.29, 0.717) is 36.2 Å². The zero-order valence-corrected chi connectivity index (χ0v) is 15.8. The Kier molecular flexibility index (Phi) is 4.44. The first kappa shape index (κ1) is 17.5. The maximum absolute atomic E-state index is 12.7. The first-order valence-corrected chi connectivity index (χ1v) is 10.1. The predicted octanol–water partition coefficient (Wildman–Crippen LogP) is 4.82. The normalized spacial score (nSPS) is 40.1. The van der Waals surface area contributed by atoms with Crippen LogP contribution in [0.1, 0.15) is 65.2 Å². The molecule has 0 N–H and O–H groups in total. The Bertz CT molecular complexity index is 598. The number of allylic oxidation sites excluding steroid dienone is 3. The molecule has 3 heteroatoms. The number of carbonyl (C=O) groups excluding carboxylic acids is 1. The van der Waals surface area contributed by atoms with Gasteiger partial charge in [0, 0.05) is 12.8 Å². The molecule has 0 aromatic carbocycles. The van der Waals surface area contributed by atoms with E-state index in [9.17, 15) is 4.79 Å². The fourth-order valence-electron chi connectivity index (χ4n) is 6.26. The third-order valence-corrected chi connectivity index (χ3v) is 7.77. The molecule has 2 saturated carbocycles. The molecule has 3 aliphatic carbocycles. The molecule has 2 unspecified atom stereocenters. The summed E-state index contributed by atoms with van der Waals surface area (Å²) in [5.74, 6) is 1.89. The third kappa shape index (κ3) is 2.84. The van der Waals surface area contributed by atoms with Crippen LogP contribution in [0.5, 0.6) is 0 Å². The Balaban J connectivity index is 1.57. The van der Waals surface area contributed by atoms with Gasteiger partial charge < -0.3 is 9.47 Å². The molecule has 25 heavy (non-hydrogen) atoms. The van der Waals surface area contributed by atoms with Crippen molar-refractivity contribution in [2.75, 3.05) is 13.2 Å². The Morgan fingerprint density at radius 2 is 1.92 bits per heavy atom. The van der Waals surface area contributed by atoms with Gasteiger partial charge in [0.25, 0.3) is 0 Å². The summed E-state index contributed by atoms with van der Waals surface area (Å²) in [4.78, 5) is 12.7. The second kappa shape index (κ2) is 6.35. The second-order valence-corrected chi connectivity index (χ2v) is 8.93. The minimum atomic E-state index is -0.495. The summed E-state index contributed by atoms with van der Waals surface area (Å²) in [6.07, 6.45) is 10.5. The molecule has 0 aromatic heterocycles. The number of hydrogen-bond donors (Lipinski definition) is 0.